The number of hydrogen-bond acceptors (Lipinski definition) is 6. The average Bonchev–Trinajstić information content (AvgIpc) is 3.09. The number of aromatic nitrogens is 4. The molecule has 0 fully saturated rings. The van der Waals surface area contributed by atoms with Crippen molar-refractivity contribution >= 4 is 5.91 Å². The van der Waals surface area contributed by atoms with Gasteiger partial charge in [0, 0.05) is 27.3 Å². The number of benzene rings is 1. The Morgan fingerprint density at radius 2 is 1.86 bits per heavy atom. The molecule has 0 saturated carbocycles. The van der Waals surface area contributed by atoms with E-state index in [2.05, 4.69) is 15.5 Å². The minimum absolute atomic E-state index is 0.111. The molecule has 0 radical (unpaired) electrons. The van der Waals surface area contributed by atoms with E-state index in [0.29, 0.717) is 37.6 Å². The zero-order chi connectivity index (χ0) is 15.8. The molecule has 0 aliphatic carbocycles. The summed E-state index contributed by atoms with van der Waals surface area (Å²) < 4.78 is 11.6. The predicted octanol–water partition coefficient (Wildman–Crippen LogP) is 0.397. The SMILES string of the molecule is COCCN(CCOC)C(=O)c1ccccc1-n1cnnn1. The lowest BCUT2D eigenvalue weighted by molar-refractivity contribution is 0.0627. The van der Waals surface area contributed by atoms with Crippen LogP contribution in [0.15, 0.2) is 30.6 Å². The maximum Gasteiger partial charge on any atom is 0.256 e. The number of amides is 1. The van der Waals surface area contributed by atoms with Crippen molar-refractivity contribution < 1.29 is 14.3 Å². The van der Waals surface area contributed by atoms with Crippen molar-refractivity contribution in [1.29, 1.82) is 0 Å². The Kier molecular flexibility index (Phi) is 5.99. The van der Waals surface area contributed by atoms with Gasteiger partial charge >= 0.3 is 0 Å². The summed E-state index contributed by atoms with van der Waals surface area (Å²) in [6.45, 7) is 1.90. The van der Waals surface area contributed by atoms with Crippen molar-refractivity contribution in [2.75, 3.05) is 40.5 Å². The van der Waals surface area contributed by atoms with Gasteiger partial charge in [0.15, 0.2) is 0 Å². The zero-order valence-corrected chi connectivity index (χ0v) is 12.7. The molecule has 22 heavy (non-hydrogen) atoms. The third kappa shape index (κ3) is 3.86. The summed E-state index contributed by atoms with van der Waals surface area (Å²) in [7, 11) is 3.21. The number of tetrazole rings is 1. The molecule has 1 amide bonds. The third-order valence-electron chi connectivity index (χ3n) is 3.15. The summed E-state index contributed by atoms with van der Waals surface area (Å²) in [5.74, 6) is -0.111. The van der Waals surface area contributed by atoms with Crippen molar-refractivity contribution in [3.8, 4) is 5.69 Å². The van der Waals surface area contributed by atoms with Gasteiger partial charge in [-0.3, -0.25) is 4.79 Å². The van der Waals surface area contributed by atoms with E-state index in [1.165, 1.54) is 11.0 Å². The van der Waals surface area contributed by atoms with E-state index in [-0.39, 0.29) is 5.91 Å². The van der Waals surface area contributed by atoms with Crippen LogP contribution in [0.5, 0.6) is 0 Å². The molecule has 8 heteroatoms. The summed E-state index contributed by atoms with van der Waals surface area (Å²) in [6, 6.07) is 7.20. The molecule has 1 heterocycles. The molecule has 0 aliphatic rings. The number of para-hydroxylation sites is 1. The summed E-state index contributed by atoms with van der Waals surface area (Å²) >= 11 is 0. The van der Waals surface area contributed by atoms with Gasteiger partial charge in [-0.2, -0.15) is 4.68 Å². The fraction of sp³-hybridized carbons (Fsp3) is 0.429. The van der Waals surface area contributed by atoms with Crippen molar-refractivity contribution in [1.82, 2.24) is 25.1 Å². The first-order valence-corrected chi connectivity index (χ1v) is 6.87. The van der Waals surface area contributed by atoms with Gasteiger partial charge < -0.3 is 14.4 Å². The van der Waals surface area contributed by atoms with Crippen molar-refractivity contribution in [2.24, 2.45) is 0 Å². The molecular weight excluding hydrogens is 286 g/mol. The second-order valence-electron chi connectivity index (χ2n) is 4.55. The molecule has 0 unspecified atom stereocenters. The molecular formula is C14H19N5O3. The van der Waals surface area contributed by atoms with E-state index in [9.17, 15) is 4.79 Å². The molecule has 0 atom stereocenters. The number of hydrogen-bond donors (Lipinski definition) is 0. The monoisotopic (exact) mass is 305 g/mol. The molecule has 1 aromatic carbocycles. The Balaban J connectivity index is 2.26. The fourth-order valence-corrected chi connectivity index (χ4v) is 2.01. The maximum absolute atomic E-state index is 12.8. The number of rotatable bonds is 8. The van der Waals surface area contributed by atoms with Crippen LogP contribution in [0.25, 0.3) is 5.69 Å². The Morgan fingerprint density at radius 3 is 2.45 bits per heavy atom. The van der Waals surface area contributed by atoms with Crippen LogP contribution in [-0.2, 0) is 9.47 Å². The quantitative estimate of drug-likeness (QED) is 0.702. The van der Waals surface area contributed by atoms with Crippen LogP contribution in [0.2, 0.25) is 0 Å². The van der Waals surface area contributed by atoms with Crippen LogP contribution in [0.3, 0.4) is 0 Å². The minimum Gasteiger partial charge on any atom is -0.383 e. The van der Waals surface area contributed by atoms with Crippen molar-refractivity contribution in [3.05, 3.63) is 36.2 Å². The van der Waals surface area contributed by atoms with Gasteiger partial charge in [0.25, 0.3) is 5.91 Å². The Labute approximate surface area is 128 Å². The highest BCUT2D eigenvalue weighted by molar-refractivity contribution is 5.97. The van der Waals surface area contributed by atoms with Crippen LogP contribution in [-0.4, -0.2) is 71.5 Å². The molecule has 0 N–H and O–H groups in total. The summed E-state index contributed by atoms with van der Waals surface area (Å²) in [4.78, 5) is 14.5. The van der Waals surface area contributed by atoms with Crippen LogP contribution in [0, 0.1) is 0 Å². The molecule has 118 valence electrons. The van der Waals surface area contributed by atoms with Crippen LogP contribution < -0.4 is 0 Å². The second-order valence-corrected chi connectivity index (χ2v) is 4.55. The summed E-state index contributed by atoms with van der Waals surface area (Å²) in [6.07, 6.45) is 1.46. The van der Waals surface area contributed by atoms with Crippen LogP contribution in [0.1, 0.15) is 10.4 Å². The Hall–Kier alpha value is -2.32. The highest BCUT2D eigenvalue weighted by Crippen LogP contribution is 2.15. The zero-order valence-electron chi connectivity index (χ0n) is 12.7. The van der Waals surface area contributed by atoms with Gasteiger partial charge in [0.2, 0.25) is 0 Å². The van der Waals surface area contributed by atoms with E-state index >= 15 is 0 Å². The van der Waals surface area contributed by atoms with Gasteiger partial charge in [-0.25, -0.2) is 0 Å². The minimum atomic E-state index is -0.111. The molecule has 2 rings (SSSR count). The first-order chi connectivity index (χ1) is 10.8. The molecule has 0 spiro atoms. The van der Waals surface area contributed by atoms with E-state index in [1.807, 2.05) is 12.1 Å². The van der Waals surface area contributed by atoms with E-state index in [0.717, 1.165) is 0 Å². The summed E-state index contributed by atoms with van der Waals surface area (Å²) in [5, 5.41) is 11.1. The lowest BCUT2D eigenvalue weighted by atomic mass is 10.1. The summed E-state index contributed by atoms with van der Waals surface area (Å²) in [5.41, 5.74) is 1.17. The van der Waals surface area contributed by atoms with E-state index in [1.54, 1.807) is 31.3 Å². The largest absolute Gasteiger partial charge is 0.383 e. The molecule has 2 aromatic rings. The van der Waals surface area contributed by atoms with Gasteiger partial charge in [-0.05, 0) is 22.6 Å². The molecule has 8 nitrogen and oxygen atoms in total. The standard InChI is InChI=1S/C14H19N5O3/c1-21-9-7-18(8-10-22-2)14(20)12-5-3-4-6-13(12)19-11-15-16-17-19/h3-6,11H,7-10H2,1-2H3. The molecule has 0 bridgehead atoms. The lowest BCUT2D eigenvalue weighted by Crippen LogP contribution is -2.37. The lowest BCUT2D eigenvalue weighted by Gasteiger charge is -2.23. The van der Waals surface area contributed by atoms with Gasteiger partial charge in [-0.15, -0.1) is 5.10 Å². The van der Waals surface area contributed by atoms with Gasteiger partial charge in [0.1, 0.15) is 6.33 Å². The normalized spacial score (nSPS) is 10.6. The van der Waals surface area contributed by atoms with E-state index < -0.39 is 0 Å². The van der Waals surface area contributed by atoms with Crippen molar-refractivity contribution in [3.63, 3.8) is 0 Å². The molecule has 0 saturated heterocycles. The molecule has 0 aliphatic heterocycles. The first-order valence-electron chi connectivity index (χ1n) is 6.87. The maximum atomic E-state index is 12.8. The highest BCUT2D eigenvalue weighted by Gasteiger charge is 2.19. The number of ether oxygens (including phenoxy) is 2. The predicted molar refractivity (Wildman–Crippen MR) is 78.8 cm³/mol. The van der Waals surface area contributed by atoms with Gasteiger partial charge in [-0.1, -0.05) is 12.1 Å². The number of carbonyl (C=O) groups excluding carboxylic acids is 1. The number of methoxy groups -OCH3 is 2. The topological polar surface area (TPSA) is 82.4 Å². The molecule has 1 aromatic heterocycles. The third-order valence-corrected chi connectivity index (χ3v) is 3.15. The van der Waals surface area contributed by atoms with Crippen LogP contribution >= 0.6 is 0 Å². The number of carbonyl (C=O) groups is 1. The van der Waals surface area contributed by atoms with Crippen LogP contribution in [0.4, 0.5) is 0 Å². The smallest absolute Gasteiger partial charge is 0.256 e. The highest BCUT2D eigenvalue weighted by atomic mass is 16.5. The Bertz CT molecular complexity index is 580. The average molecular weight is 305 g/mol. The number of nitrogens with zero attached hydrogens (tertiary/aromatic N) is 5. The second kappa shape index (κ2) is 8.20. The van der Waals surface area contributed by atoms with Crippen molar-refractivity contribution in [2.45, 2.75) is 0 Å². The fourth-order valence-electron chi connectivity index (χ4n) is 2.01. The van der Waals surface area contributed by atoms with Gasteiger partial charge in [0.05, 0.1) is 24.5 Å². The Morgan fingerprint density at radius 1 is 1.18 bits per heavy atom. The van der Waals surface area contributed by atoms with E-state index in [4.69, 9.17) is 9.47 Å². The first kappa shape index (κ1) is 16.1.